The maximum absolute atomic E-state index is 11.8. The molecule has 1 aliphatic carbocycles. The van der Waals surface area contributed by atoms with Crippen LogP contribution in [0.25, 0.3) is 0 Å². The van der Waals surface area contributed by atoms with E-state index < -0.39 is 0 Å². The van der Waals surface area contributed by atoms with Crippen molar-refractivity contribution in [3.63, 3.8) is 0 Å². The molecule has 0 saturated heterocycles. The molecule has 0 aromatic carbocycles. The zero-order chi connectivity index (χ0) is 13.2. The Bertz CT molecular complexity index is 222. The zero-order valence-electron chi connectivity index (χ0n) is 11.6. The van der Waals surface area contributed by atoms with Crippen LogP contribution >= 0.6 is 0 Å². The van der Waals surface area contributed by atoms with Gasteiger partial charge < -0.3 is 15.8 Å². The molecular formula is C14H28N2O2. The Labute approximate surface area is 111 Å². The number of rotatable bonds is 8. The summed E-state index contributed by atoms with van der Waals surface area (Å²) in [5.74, 6) is 0.913. The van der Waals surface area contributed by atoms with Crippen LogP contribution in [0.3, 0.4) is 0 Å². The quantitative estimate of drug-likeness (QED) is 0.696. The molecule has 1 unspecified atom stereocenters. The summed E-state index contributed by atoms with van der Waals surface area (Å²) in [5.41, 5.74) is 5.52. The largest absolute Gasteiger partial charge is 0.383 e. The van der Waals surface area contributed by atoms with E-state index in [2.05, 4.69) is 5.32 Å². The topological polar surface area (TPSA) is 64.3 Å². The van der Waals surface area contributed by atoms with Crippen LogP contribution in [0.4, 0.5) is 0 Å². The van der Waals surface area contributed by atoms with Gasteiger partial charge >= 0.3 is 0 Å². The first kappa shape index (κ1) is 15.4. The molecule has 18 heavy (non-hydrogen) atoms. The monoisotopic (exact) mass is 256 g/mol. The average Bonchev–Trinajstić information content (AvgIpc) is 2.38. The second kappa shape index (κ2) is 9.34. The molecule has 0 bridgehead atoms. The van der Waals surface area contributed by atoms with Crippen molar-refractivity contribution in [2.75, 3.05) is 20.3 Å². The summed E-state index contributed by atoms with van der Waals surface area (Å²) in [7, 11) is 1.65. The molecule has 1 rings (SSSR count). The van der Waals surface area contributed by atoms with Crippen LogP contribution < -0.4 is 11.1 Å². The fourth-order valence-corrected chi connectivity index (χ4v) is 2.71. The Kier molecular flexibility index (Phi) is 8.01. The van der Waals surface area contributed by atoms with Gasteiger partial charge in [-0.2, -0.15) is 0 Å². The Morgan fingerprint density at radius 1 is 1.39 bits per heavy atom. The minimum atomic E-state index is 0.0684. The highest BCUT2D eigenvalue weighted by atomic mass is 16.5. The molecule has 4 heteroatoms. The zero-order valence-corrected chi connectivity index (χ0v) is 11.6. The van der Waals surface area contributed by atoms with Gasteiger partial charge in [-0.05, 0) is 25.3 Å². The number of hydrogen-bond donors (Lipinski definition) is 2. The number of hydrogen-bond acceptors (Lipinski definition) is 3. The van der Waals surface area contributed by atoms with Crippen molar-refractivity contribution in [1.82, 2.24) is 5.32 Å². The first-order valence-corrected chi connectivity index (χ1v) is 7.24. The molecule has 0 heterocycles. The molecule has 1 saturated carbocycles. The normalized spacial score (nSPS) is 18.6. The molecule has 0 aromatic rings. The lowest BCUT2D eigenvalue weighted by Crippen LogP contribution is -2.39. The van der Waals surface area contributed by atoms with Crippen molar-refractivity contribution < 1.29 is 9.53 Å². The van der Waals surface area contributed by atoms with Crippen molar-refractivity contribution in [2.24, 2.45) is 11.7 Å². The molecule has 106 valence electrons. The third-order valence-corrected chi connectivity index (χ3v) is 3.75. The molecule has 0 aliphatic heterocycles. The summed E-state index contributed by atoms with van der Waals surface area (Å²) in [6.07, 6.45) is 9.12. The molecule has 1 amide bonds. The SMILES string of the molecule is COCC(CCN)NC(=O)CCC1CCCCC1. The maximum Gasteiger partial charge on any atom is 0.220 e. The Morgan fingerprint density at radius 3 is 2.72 bits per heavy atom. The highest BCUT2D eigenvalue weighted by Crippen LogP contribution is 2.27. The molecule has 1 aliphatic rings. The molecular weight excluding hydrogens is 228 g/mol. The van der Waals surface area contributed by atoms with Crippen LogP contribution in [0.2, 0.25) is 0 Å². The summed E-state index contributed by atoms with van der Waals surface area (Å²) in [5, 5.41) is 3.01. The van der Waals surface area contributed by atoms with Crippen LogP contribution in [0.15, 0.2) is 0 Å². The van der Waals surface area contributed by atoms with Crippen LogP contribution in [0.5, 0.6) is 0 Å². The van der Waals surface area contributed by atoms with Crippen molar-refractivity contribution in [1.29, 1.82) is 0 Å². The lowest BCUT2D eigenvalue weighted by atomic mass is 9.86. The van der Waals surface area contributed by atoms with Gasteiger partial charge in [-0.25, -0.2) is 0 Å². The Balaban J connectivity index is 2.17. The predicted octanol–water partition coefficient (Wildman–Crippen LogP) is 1.83. The van der Waals surface area contributed by atoms with Gasteiger partial charge in [0, 0.05) is 13.5 Å². The summed E-state index contributed by atoms with van der Waals surface area (Å²) in [6.45, 7) is 1.13. The number of carbonyl (C=O) groups is 1. The Hall–Kier alpha value is -0.610. The minimum absolute atomic E-state index is 0.0684. The lowest BCUT2D eigenvalue weighted by Gasteiger charge is -2.22. The van der Waals surface area contributed by atoms with E-state index in [0.717, 1.165) is 18.8 Å². The fourth-order valence-electron chi connectivity index (χ4n) is 2.71. The fraction of sp³-hybridized carbons (Fsp3) is 0.929. The maximum atomic E-state index is 11.8. The Morgan fingerprint density at radius 2 is 2.11 bits per heavy atom. The second-order valence-corrected chi connectivity index (χ2v) is 5.34. The van der Waals surface area contributed by atoms with Crippen molar-refractivity contribution in [2.45, 2.75) is 57.4 Å². The summed E-state index contributed by atoms with van der Waals surface area (Å²) in [4.78, 5) is 11.8. The van der Waals surface area contributed by atoms with Gasteiger partial charge in [-0.3, -0.25) is 4.79 Å². The van der Waals surface area contributed by atoms with Crippen LogP contribution in [0, 0.1) is 5.92 Å². The van der Waals surface area contributed by atoms with Gasteiger partial charge in [0.2, 0.25) is 5.91 Å². The van der Waals surface area contributed by atoms with Crippen molar-refractivity contribution >= 4 is 5.91 Å². The van der Waals surface area contributed by atoms with E-state index >= 15 is 0 Å². The number of amides is 1. The number of methoxy groups -OCH3 is 1. The van der Waals surface area contributed by atoms with E-state index in [0.29, 0.717) is 19.6 Å². The van der Waals surface area contributed by atoms with Gasteiger partial charge in [0.1, 0.15) is 0 Å². The summed E-state index contributed by atoms with van der Waals surface area (Å²) in [6, 6.07) is 0.0684. The van der Waals surface area contributed by atoms with Gasteiger partial charge in [-0.1, -0.05) is 32.1 Å². The second-order valence-electron chi connectivity index (χ2n) is 5.34. The van der Waals surface area contributed by atoms with E-state index in [1.54, 1.807) is 7.11 Å². The number of nitrogens with one attached hydrogen (secondary N) is 1. The smallest absolute Gasteiger partial charge is 0.220 e. The van der Waals surface area contributed by atoms with Crippen LogP contribution in [-0.4, -0.2) is 32.2 Å². The number of ether oxygens (including phenoxy) is 1. The summed E-state index contributed by atoms with van der Waals surface area (Å²) >= 11 is 0. The highest BCUT2D eigenvalue weighted by Gasteiger charge is 2.16. The minimum Gasteiger partial charge on any atom is -0.383 e. The van der Waals surface area contributed by atoms with E-state index in [-0.39, 0.29) is 11.9 Å². The molecule has 4 nitrogen and oxygen atoms in total. The molecule has 3 N–H and O–H groups in total. The van der Waals surface area contributed by atoms with Crippen LogP contribution in [-0.2, 0) is 9.53 Å². The molecule has 1 atom stereocenters. The summed E-state index contributed by atoms with van der Waals surface area (Å²) < 4.78 is 5.08. The van der Waals surface area contributed by atoms with Gasteiger partial charge in [0.25, 0.3) is 0 Å². The predicted molar refractivity (Wildman–Crippen MR) is 73.3 cm³/mol. The van der Waals surface area contributed by atoms with Crippen LogP contribution in [0.1, 0.15) is 51.4 Å². The van der Waals surface area contributed by atoms with Gasteiger partial charge in [0.15, 0.2) is 0 Å². The molecule has 0 aromatic heterocycles. The molecule has 1 fully saturated rings. The first-order chi connectivity index (χ1) is 8.76. The van der Waals surface area contributed by atoms with Gasteiger partial charge in [0.05, 0.1) is 12.6 Å². The number of carbonyl (C=O) groups excluding carboxylic acids is 1. The molecule has 0 spiro atoms. The molecule has 0 radical (unpaired) electrons. The standard InChI is InChI=1S/C14H28N2O2/c1-18-11-13(9-10-15)16-14(17)8-7-12-5-3-2-4-6-12/h12-13H,2-11,15H2,1H3,(H,16,17). The highest BCUT2D eigenvalue weighted by molar-refractivity contribution is 5.76. The van der Waals surface area contributed by atoms with E-state index in [4.69, 9.17) is 10.5 Å². The van der Waals surface area contributed by atoms with Crippen molar-refractivity contribution in [3.8, 4) is 0 Å². The van der Waals surface area contributed by atoms with E-state index in [9.17, 15) is 4.79 Å². The average molecular weight is 256 g/mol. The van der Waals surface area contributed by atoms with E-state index in [1.807, 2.05) is 0 Å². The van der Waals surface area contributed by atoms with Gasteiger partial charge in [-0.15, -0.1) is 0 Å². The third-order valence-electron chi connectivity index (χ3n) is 3.75. The van der Waals surface area contributed by atoms with E-state index in [1.165, 1.54) is 32.1 Å². The number of nitrogens with two attached hydrogens (primary N) is 1. The van der Waals surface area contributed by atoms with Crippen molar-refractivity contribution in [3.05, 3.63) is 0 Å². The third kappa shape index (κ3) is 6.36. The lowest BCUT2D eigenvalue weighted by molar-refractivity contribution is -0.122. The first-order valence-electron chi connectivity index (χ1n) is 7.24.